The molecule has 0 aromatic carbocycles. The number of unbranched alkanes of at least 4 members (excludes halogenated alkanes) is 4. The molecule has 0 bridgehead atoms. The van der Waals surface area contributed by atoms with Crippen LogP contribution in [0.4, 0.5) is 0 Å². The van der Waals surface area contributed by atoms with E-state index in [-0.39, 0.29) is 19.8 Å². The maximum Gasteiger partial charge on any atom is 0.416 e. The molecule has 1 atom stereocenters. The van der Waals surface area contributed by atoms with Gasteiger partial charge in [0.2, 0.25) is 0 Å². The maximum atomic E-state index is 11.7. The van der Waals surface area contributed by atoms with Gasteiger partial charge in [-0.05, 0) is 12.8 Å². The van der Waals surface area contributed by atoms with E-state index in [9.17, 15) is 18.3 Å². The predicted molar refractivity (Wildman–Crippen MR) is 77.2 cm³/mol. The molecule has 1 saturated heterocycles. The molecule has 1 heterocycles. The summed E-state index contributed by atoms with van der Waals surface area (Å²) in [7, 11) is -4.33. The summed E-state index contributed by atoms with van der Waals surface area (Å²) in [5.41, 5.74) is 0. The molecular weight excluding hydrogens is 332 g/mol. The van der Waals surface area contributed by atoms with Gasteiger partial charge in [-0.3, -0.25) is 0 Å². The van der Waals surface area contributed by atoms with Gasteiger partial charge in [-0.15, -0.1) is 0 Å². The van der Waals surface area contributed by atoms with E-state index in [1.54, 1.807) is 0 Å². The molecule has 1 aliphatic heterocycles. The fraction of sp³-hybridized carbons (Fsp3) is 0.923. The third-order valence-corrected chi connectivity index (χ3v) is 3.99. The van der Waals surface area contributed by atoms with Crippen LogP contribution in [0, 0.1) is 0 Å². The van der Waals surface area contributed by atoms with E-state index in [0.29, 0.717) is 6.42 Å². The number of esters is 1. The predicted octanol–water partition coefficient (Wildman–Crippen LogP) is 0.205. The molecule has 1 unspecified atom stereocenters. The van der Waals surface area contributed by atoms with Crippen LogP contribution in [0.5, 0.6) is 0 Å². The van der Waals surface area contributed by atoms with E-state index in [0.717, 1.165) is 32.1 Å². The van der Waals surface area contributed by atoms with Crippen molar-refractivity contribution in [2.45, 2.75) is 57.5 Å². The Hall–Kier alpha value is -0.780. The van der Waals surface area contributed by atoms with Crippen molar-refractivity contribution in [3.63, 3.8) is 0 Å². The average Bonchev–Trinajstić information content (AvgIpc) is 2.44. The largest absolute Gasteiger partial charge is 0.454 e. The Morgan fingerprint density at radius 3 is 2.43 bits per heavy atom. The molecule has 2 N–H and O–H groups in total. The van der Waals surface area contributed by atoms with Crippen molar-refractivity contribution >= 4 is 16.4 Å². The van der Waals surface area contributed by atoms with Crippen LogP contribution in [0.3, 0.4) is 0 Å². The lowest BCUT2D eigenvalue weighted by Crippen LogP contribution is -2.57. The van der Waals surface area contributed by atoms with Gasteiger partial charge in [0.1, 0.15) is 6.10 Å². The highest BCUT2D eigenvalue weighted by Crippen LogP contribution is 2.30. The first kappa shape index (κ1) is 20.3. The monoisotopic (exact) mass is 356 g/mol. The van der Waals surface area contributed by atoms with Crippen molar-refractivity contribution in [1.29, 1.82) is 0 Å². The number of rotatable bonds is 12. The molecule has 0 aromatic heterocycles. The fourth-order valence-electron chi connectivity index (χ4n) is 2.01. The number of hydrogen-bond acceptors (Lipinski definition) is 9. The molecule has 1 rings (SSSR count). The van der Waals surface area contributed by atoms with E-state index in [1.807, 2.05) is 0 Å². The molecule has 23 heavy (non-hydrogen) atoms. The highest BCUT2D eigenvalue weighted by molar-refractivity contribution is 7.82. The summed E-state index contributed by atoms with van der Waals surface area (Å²) >= 11 is 0. The van der Waals surface area contributed by atoms with Gasteiger partial charge in [0, 0.05) is 0 Å². The Morgan fingerprint density at radius 1 is 1.22 bits per heavy atom. The minimum Gasteiger partial charge on any atom is -0.454 e. The second-order valence-electron chi connectivity index (χ2n) is 5.19. The quantitative estimate of drug-likeness (QED) is 0.372. The van der Waals surface area contributed by atoms with Crippen LogP contribution in [-0.4, -0.2) is 56.5 Å². The van der Waals surface area contributed by atoms with Gasteiger partial charge < -0.3 is 19.7 Å². The summed E-state index contributed by atoms with van der Waals surface area (Å²) in [6, 6.07) is 0. The summed E-state index contributed by atoms with van der Waals surface area (Å²) in [6.45, 7) is 2.02. The zero-order valence-corrected chi connectivity index (χ0v) is 13.9. The van der Waals surface area contributed by atoms with E-state index < -0.39 is 28.4 Å². The lowest BCUT2D eigenvalue weighted by Gasteiger charge is -2.32. The molecule has 9 nitrogen and oxygen atoms in total. The van der Waals surface area contributed by atoms with Crippen LogP contribution in [0.25, 0.3) is 0 Å². The highest BCUT2D eigenvalue weighted by atomic mass is 32.3. The van der Waals surface area contributed by atoms with Crippen LogP contribution in [0.15, 0.2) is 0 Å². The summed E-state index contributed by atoms with van der Waals surface area (Å²) in [4.78, 5) is 11.7. The van der Waals surface area contributed by atoms with Crippen molar-refractivity contribution in [3.8, 4) is 0 Å². The number of aliphatic hydroxyl groups is 2. The van der Waals surface area contributed by atoms with E-state index in [2.05, 4.69) is 15.3 Å². The van der Waals surface area contributed by atoms with Crippen LogP contribution in [0.1, 0.15) is 45.4 Å². The lowest BCUT2D eigenvalue weighted by molar-refractivity contribution is -0.318. The minimum atomic E-state index is -4.33. The molecule has 0 radical (unpaired) electrons. The number of carbonyl (C=O) groups is 1. The van der Waals surface area contributed by atoms with Gasteiger partial charge >= 0.3 is 22.3 Å². The average molecular weight is 356 g/mol. The second-order valence-corrected chi connectivity index (χ2v) is 6.34. The zero-order valence-electron chi connectivity index (χ0n) is 13.1. The first-order chi connectivity index (χ1) is 10.8. The standard InChI is InChI=1S/C13H24O9S/c1-2-3-4-5-6-7-11(10-19-9-8-14)20-12(15)13(16)21-23(17,18)22-13/h11,14,16H,2-10H2,1H3. The molecular formula is C13H24O9S. The van der Waals surface area contributed by atoms with Gasteiger partial charge in [-0.1, -0.05) is 32.6 Å². The zero-order chi connectivity index (χ0) is 17.3. The van der Waals surface area contributed by atoms with E-state index >= 15 is 0 Å². The van der Waals surface area contributed by atoms with Crippen molar-refractivity contribution in [1.82, 2.24) is 0 Å². The van der Waals surface area contributed by atoms with Gasteiger partial charge in [0.05, 0.1) is 19.8 Å². The van der Waals surface area contributed by atoms with Crippen LogP contribution in [-0.2, 0) is 33.0 Å². The third kappa shape index (κ3) is 7.10. The van der Waals surface area contributed by atoms with Crippen LogP contribution >= 0.6 is 0 Å². The van der Waals surface area contributed by atoms with E-state index in [1.165, 1.54) is 0 Å². The Kier molecular flexibility index (Phi) is 8.37. The molecule has 136 valence electrons. The van der Waals surface area contributed by atoms with Crippen molar-refractivity contribution in [2.75, 3.05) is 19.8 Å². The summed E-state index contributed by atoms with van der Waals surface area (Å²) in [5.74, 6) is -4.27. The first-order valence-corrected chi connectivity index (χ1v) is 8.94. The third-order valence-electron chi connectivity index (χ3n) is 3.13. The number of aliphatic hydroxyl groups excluding tert-OH is 1. The SMILES string of the molecule is CCCCCCCC(COCCO)OC(=O)C1(O)OS(=O)(=O)O1. The Bertz CT molecular complexity index is 450. The first-order valence-electron chi connectivity index (χ1n) is 7.61. The molecule has 0 spiro atoms. The normalized spacial score (nSPS) is 19.8. The summed E-state index contributed by atoms with van der Waals surface area (Å²) < 4.78 is 39.6. The fourth-order valence-corrected chi connectivity index (χ4v) is 2.71. The molecule has 1 fully saturated rings. The second kappa shape index (κ2) is 9.50. The Balaban J connectivity index is 2.42. The topological polar surface area (TPSA) is 129 Å². The molecule has 1 aliphatic rings. The Labute approximate surface area is 135 Å². The lowest BCUT2D eigenvalue weighted by atomic mass is 10.1. The molecule has 0 aliphatic carbocycles. The Morgan fingerprint density at radius 2 is 1.87 bits per heavy atom. The summed E-state index contributed by atoms with van der Waals surface area (Å²) in [5, 5.41) is 18.2. The smallest absolute Gasteiger partial charge is 0.416 e. The number of hydrogen-bond donors (Lipinski definition) is 2. The van der Waals surface area contributed by atoms with Crippen molar-refractivity contribution < 1.29 is 41.3 Å². The van der Waals surface area contributed by atoms with Crippen molar-refractivity contribution in [2.24, 2.45) is 0 Å². The highest BCUT2D eigenvalue weighted by Gasteiger charge is 2.59. The van der Waals surface area contributed by atoms with Gasteiger partial charge in [0.15, 0.2) is 0 Å². The number of carbonyl (C=O) groups excluding carboxylic acids is 1. The van der Waals surface area contributed by atoms with Crippen LogP contribution in [0.2, 0.25) is 0 Å². The minimum absolute atomic E-state index is 0.0168. The van der Waals surface area contributed by atoms with Gasteiger partial charge in [-0.25, -0.2) is 4.79 Å². The molecule has 10 heteroatoms. The van der Waals surface area contributed by atoms with Gasteiger partial charge in [-0.2, -0.15) is 16.8 Å². The molecule has 0 aromatic rings. The van der Waals surface area contributed by atoms with Crippen LogP contribution < -0.4 is 0 Å². The summed E-state index contributed by atoms with van der Waals surface area (Å²) in [6.07, 6.45) is 4.79. The van der Waals surface area contributed by atoms with E-state index in [4.69, 9.17) is 14.6 Å². The van der Waals surface area contributed by atoms with Crippen molar-refractivity contribution in [3.05, 3.63) is 0 Å². The maximum absolute atomic E-state index is 11.7. The molecule has 0 saturated carbocycles. The molecule has 0 amide bonds. The number of ether oxygens (including phenoxy) is 2. The van der Waals surface area contributed by atoms with Gasteiger partial charge in [0.25, 0.3) is 0 Å².